The molecular weight excluding hydrogens is 280 g/mol. The average molecular weight is 295 g/mol. The molecule has 21 heavy (non-hydrogen) atoms. The van der Waals surface area contributed by atoms with E-state index in [1.165, 1.54) is 5.56 Å². The van der Waals surface area contributed by atoms with Crippen molar-refractivity contribution in [2.75, 3.05) is 0 Å². The second-order valence-electron chi connectivity index (χ2n) is 4.90. The van der Waals surface area contributed by atoms with Gasteiger partial charge in [0.05, 0.1) is 5.69 Å². The molecule has 0 aliphatic heterocycles. The zero-order valence-corrected chi connectivity index (χ0v) is 12.3. The maximum Gasteiger partial charge on any atom is 0.154 e. The van der Waals surface area contributed by atoms with Crippen molar-refractivity contribution in [2.45, 2.75) is 12.8 Å². The lowest BCUT2D eigenvalue weighted by Crippen LogP contribution is -1.97. The molecule has 2 aromatic carbocycles. The first kappa shape index (κ1) is 13.8. The van der Waals surface area contributed by atoms with Crippen LogP contribution in [0.2, 0.25) is 5.15 Å². The zero-order valence-electron chi connectivity index (χ0n) is 11.5. The van der Waals surface area contributed by atoms with Gasteiger partial charge in [0.25, 0.3) is 0 Å². The Kier molecular flexibility index (Phi) is 4.27. The van der Waals surface area contributed by atoms with Gasteiger partial charge < -0.3 is 0 Å². The van der Waals surface area contributed by atoms with E-state index >= 15 is 0 Å². The lowest BCUT2D eigenvalue weighted by molar-refractivity contribution is 0.922. The first-order valence-electron chi connectivity index (χ1n) is 6.94. The second kappa shape index (κ2) is 6.51. The van der Waals surface area contributed by atoms with Crippen molar-refractivity contribution in [3.63, 3.8) is 0 Å². The molecular formula is C18H15ClN2. The van der Waals surface area contributed by atoms with Gasteiger partial charge in [-0.25, -0.2) is 0 Å². The number of rotatable bonds is 4. The van der Waals surface area contributed by atoms with Crippen LogP contribution < -0.4 is 0 Å². The number of aromatic nitrogens is 2. The SMILES string of the molecule is Clc1nnc(-c2ccccc2)cc1CCc1ccccc1. The molecule has 0 bridgehead atoms. The topological polar surface area (TPSA) is 25.8 Å². The molecule has 0 saturated heterocycles. The summed E-state index contributed by atoms with van der Waals surface area (Å²) >= 11 is 6.18. The molecule has 3 aromatic rings. The molecule has 3 rings (SSSR count). The van der Waals surface area contributed by atoms with Crippen LogP contribution in [0, 0.1) is 0 Å². The first-order valence-corrected chi connectivity index (χ1v) is 7.32. The lowest BCUT2D eigenvalue weighted by atomic mass is 10.0. The fourth-order valence-electron chi connectivity index (χ4n) is 2.26. The smallest absolute Gasteiger partial charge is 0.149 e. The number of benzene rings is 2. The van der Waals surface area contributed by atoms with Crippen molar-refractivity contribution < 1.29 is 0 Å². The maximum absolute atomic E-state index is 6.18. The van der Waals surface area contributed by atoms with Crippen LogP contribution in [0.1, 0.15) is 11.1 Å². The van der Waals surface area contributed by atoms with Crippen LogP contribution in [-0.2, 0) is 12.8 Å². The molecule has 0 spiro atoms. The van der Waals surface area contributed by atoms with Crippen LogP contribution in [0.25, 0.3) is 11.3 Å². The average Bonchev–Trinajstić information content (AvgIpc) is 2.56. The highest BCUT2D eigenvalue weighted by molar-refractivity contribution is 6.30. The predicted octanol–water partition coefficient (Wildman–Crippen LogP) is 4.58. The zero-order chi connectivity index (χ0) is 14.5. The molecule has 0 radical (unpaired) electrons. The Balaban J connectivity index is 1.82. The molecule has 0 aliphatic rings. The fraction of sp³-hybridized carbons (Fsp3) is 0.111. The molecule has 0 unspecified atom stereocenters. The van der Waals surface area contributed by atoms with E-state index in [-0.39, 0.29) is 0 Å². The summed E-state index contributed by atoms with van der Waals surface area (Å²) in [6.45, 7) is 0. The molecule has 2 nitrogen and oxygen atoms in total. The number of hydrogen-bond donors (Lipinski definition) is 0. The second-order valence-corrected chi connectivity index (χ2v) is 5.26. The van der Waals surface area contributed by atoms with Gasteiger partial charge in [-0.2, -0.15) is 0 Å². The van der Waals surface area contributed by atoms with Crippen molar-refractivity contribution in [2.24, 2.45) is 0 Å². The van der Waals surface area contributed by atoms with Gasteiger partial charge >= 0.3 is 0 Å². The van der Waals surface area contributed by atoms with Crippen LogP contribution in [0.15, 0.2) is 66.7 Å². The van der Waals surface area contributed by atoms with E-state index in [2.05, 4.69) is 34.5 Å². The minimum atomic E-state index is 0.491. The van der Waals surface area contributed by atoms with Crippen molar-refractivity contribution in [3.8, 4) is 11.3 Å². The normalized spacial score (nSPS) is 10.5. The Morgan fingerprint density at radius 2 is 1.43 bits per heavy atom. The summed E-state index contributed by atoms with van der Waals surface area (Å²) in [5.74, 6) is 0. The van der Waals surface area contributed by atoms with Crippen LogP contribution in [0.5, 0.6) is 0 Å². The summed E-state index contributed by atoms with van der Waals surface area (Å²) < 4.78 is 0. The third-order valence-corrected chi connectivity index (χ3v) is 3.74. The van der Waals surface area contributed by atoms with Gasteiger partial charge in [0, 0.05) is 5.56 Å². The number of nitrogens with zero attached hydrogens (tertiary/aromatic N) is 2. The van der Waals surface area contributed by atoms with E-state index in [1.54, 1.807) is 0 Å². The Bertz CT molecular complexity index is 712. The van der Waals surface area contributed by atoms with E-state index in [1.807, 2.05) is 42.5 Å². The van der Waals surface area contributed by atoms with E-state index in [9.17, 15) is 0 Å². The minimum absolute atomic E-state index is 0.491. The number of halogens is 1. The fourth-order valence-corrected chi connectivity index (χ4v) is 2.45. The summed E-state index contributed by atoms with van der Waals surface area (Å²) in [5.41, 5.74) is 4.26. The van der Waals surface area contributed by atoms with Gasteiger partial charge in [0.15, 0.2) is 5.15 Å². The molecule has 104 valence electrons. The third kappa shape index (κ3) is 3.47. The van der Waals surface area contributed by atoms with Crippen molar-refractivity contribution in [3.05, 3.63) is 83.0 Å². The van der Waals surface area contributed by atoms with Gasteiger partial charge in [0.1, 0.15) is 0 Å². The Morgan fingerprint density at radius 3 is 2.14 bits per heavy atom. The van der Waals surface area contributed by atoms with E-state index in [0.29, 0.717) is 5.15 Å². The number of hydrogen-bond acceptors (Lipinski definition) is 2. The number of aryl methyl sites for hydroxylation is 2. The summed E-state index contributed by atoms with van der Waals surface area (Å²) in [7, 11) is 0. The Labute approximate surface area is 129 Å². The summed E-state index contributed by atoms with van der Waals surface area (Å²) in [6.07, 6.45) is 1.80. The van der Waals surface area contributed by atoms with Crippen molar-refractivity contribution >= 4 is 11.6 Å². The standard InChI is InChI=1S/C18H15ClN2/c19-18-16(12-11-14-7-3-1-4-8-14)13-17(20-21-18)15-9-5-2-6-10-15/h1-10,13H,11-12H2. The van der Waals surface area contributed by atoms with Gasteiger partial charge in [0.2, 0.25) is 0 Å². The molecule has 0 saturated carbocycles. The highest BCUT2D eigenvalue weighted by Crippen LogP contribution is 2.21. The largest absolute Gasteiger partial charge is 0.154 e. The molecule has 0 atom stereocenters. The molecule has 1 aromatic heterocycles. The van der Waals surface area contributed by atoms with Gasteiger partial charge in [-0.1, -0.05) is 72.3 Å². The Hall–Kier alpha value is -2.19. The molecule has 1 heterocycles. The highest BCUT2D eigenvalue weighted by atomic mass is 35.5. The van der Waals surface area contributed by atoms with Crippen LogP contribution in [-0.4, -0.2) is 10.2 Å². The van der Waals surface area contributed by atoms with E-state index in [4.69, 9.17) is 11.6 Å². The van der Waals surface area contributed by atoms with E-state index < -0.39 is 0 Å². The summed E-state index contributed by atoms with van der Waals surface area (Å²) in [5, 5.41) is 8.76. The minimum Gasteiger partial charge on any atom is -0.149 e. The summed E-state index contributed by atoms with van der Waals surface area (Å²) in [4.78, 5) is 0. The molecule has 0 fully saturated rings. The first-order chi connectivity index (χ1) is 10.3. The molecule has 0 N–H and O–H groups in total. The van der Waals surface area contributed by atoms with Gasteiger partial charge in [-0.3, -0.25) is 0 Å². The quantitative estimate of drug-likeness (QED) is 0.704. The Morgan fingerprint density at radius 1 is 0.762 bits per heavy atom. The lowest BCUT2D eigenvalue weighted by Gasteiger charge is -2.06. The van der Waals surface area contributed by atoms with E-state index in [0.717, 1.165) is 29.7 Å². The van der Waals surface area contributed by atoms with Crippen LogP contribution >= 0.6 is 11.6 Å². The summed E-state index contributed by atoms with van der Waals surface area (Å²) in [6, 6.07) is 22.5. The molecule has 0 amide bonds. The van der Waals surface area contributed by atoms with Gasteiger partial charge in [-0.05, 0) is 30.0 Å². The van der Waals surface area contributed by atoms with Gasteiger partial charge in [-0.15, -0.1) is 10.2 Å². The molecule has 3 heteroatoms. The maximum atomic E-state index is 6.18. The van der Waals surface area contributed by atoms with Crippen molar-refractivity contribution in [1.82, 2.24) is 10.2 Å². The molecule has 0 aliphatic carbocycles. The monoisotopic (exact) mass is 294 g/mol. The van der Waals surface area contributed by atoms with Crippen LogP contribution in [0.3, 0.4) is 0 Å². The third-order valence-electron chi connectivity index (χ3n) is 3.42. The highest BCUT2D eigenvalue weighted by Gasteiger charge is 2.07. The van der Waals surface area contributed by atoms with Crippen molar-refractivity contribution in [1.29, 1.82) is 0 Å². The predicted molar refractivity (Wildman–Crippen MR) is 86.3 cm³/mol. The van der Waals surface area contributed by atoms with Crippen LogP contribution in [0.4, 0.5) is 0 Å².